The van der Waals surface area contributed by atoms with Gasteiger partial charge in [-0.15, -0.1) is 0 Å². The van der Waals surface area contributed by atoms with Gasteiger partial charge in [-0.1, -0.05) is 30.3 Å². The molecule has 148 valence electrons. The molecule has 0 radical (unpaired) electrons. The Bertz CT molecular complexity index is 787. The number of aromatic hydroxyl groups is 1. The summed E-state index contributed by atoms with van der Waals surface area (Å²) in [6, 6.07) is 15.8. The smallest absolute Gasteiger partial charge is 0.321 e. The summed E-state index contributed by atoms with van der Waals surface area (Å²) in [6.45, 7) is 5.20. The van der Waals surface area contributed by atoms with Crippen LogP contribution in [0.4, 0.5) is 10.5 Å². The fourth-order valence-electron chi connectivity index (χ4n) is 3.24. The van der Waals surface area contributed by atoms with Gasteiger partial charge < -0.3 is 15.3 Å². The molecule has 1 aliphatic heterocycles. The lowest BCUT2D eigenvalue weighted by Crippen LogP contribution is -2.55. The number of piperazine rings is 1. The van der Waals surface area contributed by atoms with E-state index in [9.17, 15) is 14.7 Å². The molecular weight excluding hydrogens is 356 g/mol. The van der Waals surface area contributed by atoms with Gasteiger partial charge in [0.05, 0.1) is 6.04 Å². The number of hydrogen-bond acceptors (Lipinski definition) is 5. The highest BCUT2D eigenvalue weighted by molar-refractivity contribution is 5.96. The molecule has 0 saturated carbocycles. The second kappa shape index (κ2) is 9.23. The maximum atomic E-state index is 12.4. The van der Waals surface area contributed by atoms with E-state index in [0.717, 1.165) is 37.4 Å². The van der Waals surface area contributed by atoms with Crippen LogP contribution in [0.2, 0.25) is 0 Å². The molecule has 2 aromatic rings. The van der Waals surface area contributed by atoms with Gasteiger partial charge in [-0.25, -0.2) is 4.79 Å². The molecule has 28 heavy (non-hydrogen) atoms. The first-order valence-corrected chi connectivity index (χ1v) is 9.43. The first-order chi connectivity index (χ1) is 13.5. The van der Waals surface area contributed by atoms with E-state index in [1.54, 1.807) is 12.1 Å². The van der Waals surface area contributed by atoms with Crippen LogP contribution in [0.15, 0.2) is 54.6 Å². The number of carbonyl (C=O) groups is 2. The highest BCUT2D eigenvalue weighted by Crippen LogP contribution is 2.20. The van der Waals surface area contributed by atoms with Gasteiger partial charge in [0, 0.05) is 38.4 Å². The van der Waals surface area contributed by atoms with Crippen molar-refractivity contribution in [3.05, 3.63) is 60.2 Å². The molecule has 0 aromatic heterocycles. The Morgan fingerprint density at radius 3 is 2.29 bits per heavy atom. The Hall–Kier alpha value is -3.06. The summed E-state index contributed by atoms with van der Waals surface area (Å²) in [4.78, 5) is 28.7. The van der Waals surface area contributed by atoms with Crippen LogP contribution in [0.1, 0.15) is 12.5 Å². The van der Waals surface area contributed by atoms with E-state index in [2.05, 4.69) is 20.4 Å². The monoisotopic (exact) mass is 382 g/mol. The van der Waals surface area contributed by atoms with Gasteiger partial charge in [-0.2, -0.15) is 0 Å². The minimum Gasteiger partial charge on any atom is -0.508 e. The van der Waals surface area contributed by atoms with E-state index in [1.807, 2.05) is 49.4 Å². The Kier molecular flexibility index (Phi) is 6.49. The second-order valence-corrected chi connectivity index (χ2v) is 6.87. The zero-order valence-corrected chi connectivity index (χ0v) is 16.0. The lowest BCUT2D eigenvalue weighted by molar-refractivity contribution is -0.124. The van der Waals surface area contributed by atoms with Gasteiger partial charge in [0.1, 0.15) is 5.75 Å². The Morgan fingerprint density at radius 1 is 1.00 bits per heavy atom. The standard InChI is InChI=1S/C21H26N4O3/c1-16(20(27)23-21(28)22-15-17-5-3-2-4-6-17)24-11-13-25(14-12-24)18-7-9-19(26)10-8-18/h2-10,16,26H,11-15H2,1H3,(H2,22,23,27,28). The van der Waals surface area contributed by atoms with Gasteiger partial charge in [-0.05, 0) is 36.8 Å². The number of amides is 3. The lowest BCUT2D eigenvalue weighted by Gasteiger charge is -2.38. The number of benzene rings is 2. The molecule has 3 N–H and O–H groups in total. The summed E-state index contributed by atoms with van der Waals surface area (Å²) < 4.78 is 0. The van der Waals surface area contributed by atoms with Crippen LogP contribution >= 0.6 is 0 Å². The Labute approximate surface area is 165 Å². The summed E-state index contributed by atoms with van der Waals surface area (Å²) in [7, 11) is 0. The number of carbonyl (C=O) groups excluding carboxylic acids is 2. The van der Waals surface area contributed by atoms with Crippen molar-refractivity contribution in [2.45, 2.75) is 19.5 Å². The van der Waals surface area contributed by atoms with Crippen molar-refractivity contribution in [1.82, 2.24) is 15.5 Å². The summed E-state index contributed by atoms with van der Waals surface area (Å²) >= 11 is 0. The number of phenolic OH excluding ortho intramolecular Hbond substituents is 1. The van der Waals surface area contributed by atoms with Crippen LogP contribution in [0.25, 0.3) is 0 Å². The summed E-state index contributed by atoms with van der Waals surface area (Å²) in [6.07, 6.45) is 0. The minimum atomic E-state index is -0.483. The maximum absolute atomic E-state index is 12.4. The number of phenols is 1. The second-order valence-electron chi connectivity index (χ2n) is 6.87. The molecule has 7 nitrogen and oxygen atoms in total. The van der Waals surface area contributed by atoms with Crippen LogP contribution in [0, 0.1) is 0 Å². The van der Waals surface area contributed by atoms with E-state index in [0.29, 0.717) is 6.54 Å². The summed E-state index contributed by atoms with van der Waals surface area (Å²) in [5, 5.41) is 14.5. The fourth-order valence-corrected chi connectivity index (χ4v) is 3.24. The first-order valence-electron chi connectivity index (χ1n) is 9.43. The average Bonchev–Trinajstić information content (AvgIpc) is 2.73. The summed E-state index contributed by atoms with van der Waals surface area (Å²) in [5.41, 5.74) is 2.03. The van der Waals surface area contributed by atoms with Crippen molar-refractivity contribution in [2.24, 2.45) is 0 Å². The van der Waals surface area contributed by atoms with E-state index >= 15 is 0 Å². The van der Waals surface area contributed by atoms with Crippen LogP contribution in [-0.4, -0.2) is 54.2 Å². The molecule has 1 heterocycles. The van der Waals surface area contributed by atoms with Crippen LogP contribution < -0.4 is 15.5 Å². The van der Waals surface area contributed by atoms with Gasteiger partial charge >= 0.3 is 6.03 Å². The van der Waals surface area contributed by atoms with Crippen molar-refractivity contribution in [2.75, 3.05) is 31.1 Å². The summed E-state index contributed by atoms with van der Waals surface area (Å²) in [5.74, 6) is -0.0538. The number of anilines is 1. The largest absolute Gasteiger partial charge is 0.508 e. The molecule has 1 aliphatic rings. The first kappa shape index (κ1) is 19.7. The molecule has 1 saturated heterocycles. The van der Waals surface area contributed by atoms with Crippen molar-refractivity contribution in [1.29, 1.82) is 0 Å². The third-order valence-corrected chi connectivity index (χ3v) is 4.99. The van der Waals surface area contributed by atoms with Crippen molar-refractivity contribution in [3.8, 4) is 5.75 Å². The molecule has 3 rings (SSSR count). The molecule has 0 spiro atoms. The zero-order chi connectivity index (χ0) is 19.9. The van der Waals surface area contributed by atoms with Crippen LogP contribution in [0.3, 0.4) is 0 Å². The number of hydrogen-bond donors (Lipinski definition) is 3. The number of rotatable bonds is 5. The zero-order valence-electron chi connectivity index (χ0n) is 16.0. The van der Waals surface area contributed by atoms with Crippen molar-refractivity contribution < 1.29 is 14.7 Å². The highest BCUT2D eigenvalue weighted by Gasteiger charge is 2.26. The van der Waals surface area contributed by atoms with Crippen molar-refractivity contribution >= 4 is 17.6 Å². The number of imide groups is 1. The molecule has 7 heteroatoms. The predicted molar refractivity (Wildman–Crippen MR) is 108 cm³/mol. The fraction of sp³-hybridized carbons (Fsp3) is 0.333. The van der Waals surface area contributed by atoms with Gasteiger partial charge in [0.2, 0.25) is 5.91 Å². The highest BCUT2D eigenvalue weighted by atomic mass is 16.3. The topological polar surface area (TPSA) is 84.9 Å². The van der Waals surface area contributed by atoms with E-state index in [1.165, 1.54) is 0 Å². The molecule has 1 fully saturated rings. The minimum absolute atomic E-state index is 0.248. The maximum Gasteiger partial charge on any atom is 0.321 e. The molecule has 1 unspecified atom stereocenters. The molecule has 2 aromatic carbocycles. The SMILES string of the molecule is CC(C(=O)NC(=O)NCc1ccccc1)N1CCN(c2ccc(O)cc2)CC1. The van der Waals surface area contributed by atoms with Crippen LogP contribution in [-0.2, 0) is 11.3 Å². The van der Waals surface area contributed by atoms with Gasteiger partial charge in [0.25, 0.3) is 0 Å². The Balaban J connectivity index is 1.43. The molecule has 0 aliphatic carbocycles. The molecule has 1 atom stereocenters. The molecule has 3 amide bonds. The third-order valence-electron chi connectivity index (χ3n) is 4.99. The Morgan fingerprint density at radius 2 is 1.64 bits per heavy atom. The molecule has 0 bridgehead atoms. The van der Waals surface area contributed by atoms with Crippen molar-refractivity contribution in [3.63, 3.8) is 0 Å². The average molecular weight is 382 g/mol. The molecular formula is C21H26N4O3. The number of urea groups is 1. The van der Waals surface area contributed by atoms with Gasteiger partial charge in [0.15, 0.2) is 0 Å². The van der Waals surface area contributed by atoms with Crippen LogP contribution in [0.5, 0.6) is 5.75 Å². The van der Waals surface area contributed by atoms with E-state index in [4.69, 9.17) is 0 Å². The number of nitrogens with zero attached hydrogens (tertiary/aromatic N) is 2. The normalized spacial score (nSPS) is 15.7. The quantitative estimate of drug-likeness (QED) is 0.736. The predicted octanol–water partition coefficient (Wildman–Crippen LogP) is 1.93. The van der Waals surface area contributed by atoms with Gasteiger partial charge in [-0.3, -0.25) is 15.0 Å². The number of nitrogens with one attached hydrogen (secondary N) is 2. The third kappa shape index (κ3) is 5.23. The lowest BCUT2D eigenvalue weighted by atomic mass is 10.2. The van der Waals surface area contributed by atoms with E-state index < -0.39 is 6.03 Å². The van der Waals surface area contributed by atoms with E-state index in [-0.39, 0.29) is 17.7 Å².